The van der Waals surface area contributed by atoms with E-state index in [-0.39, 0.29) is 12.4 Å². The first-order chi connectivity index (χ1) is 18.6. The molecular weight excluding hydrogens is 508 g/mol. The zero-order chi connectivity index (χ0) is 26.1. The third-order valence-corrected chi connectivity index (χ3v) is 7.00. The first-order valence-electron chi connectivity index (χ1n) is 11.7. The second-order valence-electron chi connectivity index (χ2n) is 8.33. The van der Waals surface area contributed by atoms with Crippen molar-refractivity contribution in [2.75, 3.05) is 21.0 Å². The number of hydrogen-bond donors (Lipinski definition) is 0. The lowest BCUT2D eigenvalue weighted by atomic mass is 10.2. The minimum atomic E-state index is -0.136. The highest BCUT2D eigenvalue weighted by molar-refractivity contribution is 7.98. The van der Waals surface area contributed by atoms with E-state index in [0.29, 0.717) is 68.6 Å². The standard InChI is InChI=1S/C27H22N4O6S/c1-33-21-9-5-7-18(24(21)34-2)25-29-23(37-30-25)14-38-27-28-19-8-4-3-6-17(19)26(32)31(27)13-16-10-11-20-22(12-16)36-15-35-20/h3-12H,13-15H2,1-2H3. The molecule has 0 saturated heterocycles. The molecule has 0 saturated carbocycles. The van der Waals surface area contributed by atoms with Crippen LogP contribution in [0.4, 0.5) is 0 Å². The Morgan fingerprint density at radius 3 is 2.71 bits per heavy atom. The van der Waals surface area contributed by atoms with Gasteiger partial charge in [0.1, 0.15) is 0 Å². The van der Waals surface area contributed by atoms with Crippen LogP contribution in [0, 0.1) is 0 Å². The Hall–Kier alpha value is -4.51. The zero-order valence-electron chi connectivity index (χ0n) is 20.5. The number of benzene rings is 3. The molecule has 0 fully saturated rings. The molecule has 6 rings (SSSR count). The molecule has 11 heteroatoms. The normalized spacial score (nSPS) is 12.2. The van der Waals surface area contributed by atoms with E-state index in [2.05, 4.69) is 10.1 Å². The van der Waals surface area contributed by atoms with Crippen LogP contribution in [-0.2, 0) is 12.3 Å². The number of fused-ring (bicyclic) bond motifs is 2. The Bertz CT molecular complexity index is 1700. The molecule has 5 aromatic rings. The van der Waals surface area contributed by atoms with Gasteiger partial charge < -0.3 is 23.5 Å². The molecular formula is C27H22N4O6S. The van der Waals surface area contributed by atoms with Crippen LogP contribution in [0.1, 0.15) is 11.5 Å². The maximum Gasteiger partial charge on any atom is 0.262 e. The molecule has 0 spiro atoms. The second kappa shape index (κ2) is 10.1. The van der Waals surface area contributed by atoms with Gasteiger partial charge in [-0.3, -0.25) is 9.36 Å². The predicted molar refractivity (Wildman–Crippen MR) is 140 cm³/mol. The molecule has 0 bridgehead atoms. The van der Waals surface area contributed by atoms with E-state index < -0.39 is 0 Å². The van der Waals surface area contributed by atoms with Crippen LogP contribution in [0.25, 0.3) is 22.3 Å². The topological polar surface area (TPSA) is 111 Å². The van der Waals surface area contributed by atoms with Gasteiger partial charge in [-0.2, -0.15) is 4.98 Å². The van der Waals surface area contributed by atoms with Gasteiger partial charge in [-0.05, 0) is 42.0 Å². The zero-order valence-corrected chi connectivity index (χ0v) is 21.4. The van der Waals surface area contributed by atoms with Crippen LogP contribution in [0.15, 0.2) is 75.1 Å². The van der Waals surface area contributed by atoms with Gasteiger partial charge in [-0.1, -0.05) is 41.2 Å². The summed E-state index contributed by atoms with van der Waals surface area (Å²) in [5.41, 5.74) is 2.02. The maximum atomic E-state index is 13.5. The molecule has 0 aliphatic carbocycles. The third kappa shape index (κ3) is 4.41. The van der Waals surface area contributed by atoms with Crippen molar-refractivity contribution in [1.82, 2.24) is 19.7 Å². The van der Waals surface area contributed by atoms with Crippen molar-refractivity contribution in [3.63, 3.8) is 0 Å². The lowest BCUT2D eigenvalue weighted by Crippen LogP contribution is -2.24. The highest BCUT2D eigenvalue weighted by atomic mass is 32.2. The summed E-state index contributed by atoms with van der Waals surface area (Å²) in [7, 11) is 3.13. The van der Waals surface area contributed by atoms with Crippen molar-refractivity contribution in [3.8, 4) is 34.4 Å². The van der Waals surface area contributed by atoms with E-state index in [1.807, 2.05) is 48.5 Å². The Kier molecular flexibility index (Phi) is 6.34. The Morgan fingerprint density at radius 1 is 0.974 bits per heavy atom. The van der Waals surface area contributed by atoms with Crippen LogP contribution in [0.5, 0.6) is 23.0 Å². The highest BCUT2D eigenvalue weighted by Gasteiger charge is 2.19. The number of thioether (sulfide) groups is 1. The molecule has 0 unspecified atom stereocenters. The first-order valence-corrected chi connectivity index (χ1v) is 12.7. The number of ether oxygens (including phenoxy) is 4. The van der Waals surface area contributed by atoms with E-state index in [1.165, 1.54) is 11.8 Å². The largest absolute Gasteiger partial charge is 0.493 e. The van der Waals surface area contributed by atoms with Gasteiger partial charge in [0.2, 0.25) is 18.5 Å². The van der Waals surface area contributed by atoms with Crippen molar-refractivity contribution < 1.29 is 23.5 Å². The summed E-state index contributed by atoms with van der Waals surface area (Å²) in [6, 6.07) is 18.4. The quantitative estimate of drug-likeness (QED) is 0.210. The summed E-state index contributed by atoms with van der Waals surface area (Å²) >= 11 is 1.34. The molecule has 0 radical (unpaired) electrons. The fourth-order valence-corrected chi connectivity index (χ4v) is 5.07. The molecule has 0 amide bonds. The fraction of sp³-hybridized carbons (Fsp3) is 0.185. The lowest BCUT2D eigenvalue weighted by Gasteiger charge is -2.13. The molecule has 38 heavy (non-hydrogen) atoms. The van der Waals surface area contributed by atoms with Gasteiger partial charge in [0.05, 0.1) is 43.0 Å². The van der Waals surface area contributed by atoms with Crippen molar-refractivity contribution in [2.24, 2.45) is 0 Å². The smallest absolute Gasteiger partial charge is 0.262 e. The molecule has 0 atom stereocenters. The molecule has 2 aromatic heterocycles. The fourth-order valence-electron chi connectivity index (χ4n) is 4.23. The van der Waals surface area contributed by atoms with Gasteiger partial charge in [-0.15, -0.1) is 0 Å². The van der Waals surface area contributed by atoms with E-state index in [4.69, 9.17) is 28.5 Å². The number of rotatable bonds is 8. The molecule has 0 N–H and O–H groups in total. The molecule has 3 heterocycles. The minimum absolute atomic E-state index is 0.136. The number of hydrogen-bond acceptors (Lipinski definition) is 10. The average molecular weight is 531 g/mol. The van der Waals surface area contributed by atoms with Crippen molar-refractivity contribution in [2.45, 2.75) is 17.5 Å². The first kappa shape index (κ1) is 23.9. The van der Waals surface area contributed by atoms with Crippen LogP contribution >= 0.6 is 11.8 Å². The number of methoxy groups -OCH3 is 2. The van der Waals surface area contributed by atoms with Gasteiger partial charge in [0.25, 0.3) is 5.56 Å². The summed E-state index contributed by atoms with van der Waals surface area (Å²) in [6.07, 6.45) is 0. The molecule has 3 aromatic carbocycles. The van der Waals surface area contributed by atoms with Gasteiger partial charge in [-0.25, -0.2) is 4.98 Å². The summed E-state index contributed by atoms with van der Waals surface area (Å²) < 4.78 is 29.0. The van der Waals surface area contributed by atoms with E-state index in [0.717, 1.165) is 5.56 Å². The Balaban J connectivity index is 1.31. The second-order valence-corrected chi connectivity index (χ2v) is 9.27. The summed E-state index contributed by atoms with van der Waals surface area (Å²) in [5, 5.41) is 5.20. The van der Waals surface area contributed by atoms with Crippen LogP contribution in [0.3, 0.4) is 0 Å². The SMILES string of the molecule is COc1cccc(-c2noc(CSc3nc4ccccc4c(=O)n3Cc3ccc4c(c3)OCO4)n2)c1OC. The van der Waals surface area contributed by atoms with Crippen molar-refractivity contribution in [3.05, 3.63) is 82.5 Å². The molecule has 1 aliphatic heterocycles. The minimum Gasteiger partial charge on any atom is -0.493 e. The number of para-hydroxylation sites is 2. The third-order valence-electron chi connectivity index (χ3n) is 6.04. The predicted octanol–water partition coefficient (Wildman–Crippen LogP) is 4.53. The monoisotopic (exact) mass is 530 g/mol. The van der Waals surface area contributed by atoms with Crippen LogP contribution in [0.2, 0.25) is 0 Å². The number of aromatic nitrogens is 4. The summed E-state index contributed by atoms with van der Waals surface area (Å²) in [4.78, 5) is 22.8. The summed E-state index contributed by atoms with van der Waals surface area (Å²) in [6.45, 7) is 0.497. The Labute approximate surface area is 221 Å². The maximum absolute atomic E-state index is 13.5. The molecule has 192 valence electrons. The molecule has 1 aliphatic rings. The van der Waals surface area contributed by atoms with E-state index in [9.17, 15) is 4.79 Å². The van der Waals surface area contributed by atoms with E-state index in [1.54, 1.807) is 30.9 Å². The van der Waals surface area contributed by atoms with Gasteiger partial charge in [0.15, 0.2) is 28.2 Å². The average Bonchev–Trinajstić information content (AvgIpc) is 3.62. The number of nitrogens with zero attached hydrogens (tertiary/aromatic N) is 4. The lowest BCUT2D eigenvalue weighted by molar-refractivity contribution is 0.174. The van der Waals surface area contributed by atoms with Crippen LogP contribution < -0.4 is 24.5 Å². The Morgan fingerprint density at radius 2 is 1.84 bits per heavy atom. The van der Waals surface area contributed by atoms with Crippen molar-refractivity contribution >= 4 is 22.7 Å². The van der Waals surface area contributed by atoms with E-state index >= 15 is 0 Å². The highest BCUT2D eigenvalue weighted by Crippen LogP contribution is 2.37. The van der Waals surface area contributed by atoms with Crippen LogP contribution in [-0.4, -0.2) is 40.7 Å². The summed E-state index contributed by atoms with van der Waals surface area (Å²) in [5.74, 6) is 3.50. The van der Waals surface area contributed by atoms with Gasteiger partial charge in [0, 0.05) is 0 Å². The van der Waals surface area contributed by atoms with Gasteiger partial charge >= 0.3 is 0 Å². The molecule has 10 nitrogen and oxygen atoms in total. The van der Waals surface area contributed by atoms with Crippen molar-refractivity contribution in [1.29, 1.82) is 0 Å².